The molecule has 0 fully saturated rings. The molecule has 0 radical (unpaired) electrons. The molecule has 1 aromatic carbocycles. The van der Waals surface area contributed by atoms with Gasteiger partial charge >= 0.3 is 0 Å². The molecule has 0 aliphatic rings. The van der Waals surface area contributed by atoms with Crippen molar-refractivity contribution in [1.82, 2.24) is 15.5 Å². The van der Waals surface area contributed by atoms with Gasteiger partial charge in [0, 0.05) is 17.1 Å². The zero-order valence-corrected chi connectivity index (χ0v) is 9.04. The highest BCUT2D eigenvalue weighted by Crippen LogP contribution is 2.14. The Balaban J connectivity index is 1.90. The van der Waals surface area contributed by atoms with E-state index in [9.17, 15) is 4.39 Å². The van der Waals surface area contributed by atoms with Crippen LogP contribution in [0.25, 0.3) is 0 Å². The number of benzene rings is 1. The van der Waals surface area contributed by atoms with Crippen LogP contribution in [0, 0.1) is 5.82 Å². The van der Waals surface area contributed by atoms with Gasteiger partial charge in [-0.05, 0) is 12.1 Å². The van der Waals surface area contributed by atoms with Crippen LogP contribution in [-0.2, 0) is 13.1 Å². The molecule has 2 aromatic rings. The van der Waals surface area contributed by atoms with Gasteiger partial charge in [-0.3, -0.25) is 0 Å². The van der Waals surface area contributed by atoms with Crippen molar-refractivity contribution in [3.8, 4) is 0 Å². The number of nitrogens with zero attached hydrogens (tertiary/aromatic N) is 2. The lowest BCUT2D eigenvalue weighted by Crippen LogP contribution is -2.14. The molecule has 0 bridgehead atoms. The lowest BCUT2D eigenvalue weighted by Gasteiger charge is -2.04. The van der Waals surface area contributed by atoms with E-state index in [1.165, 1.54) is 12.5 Å². The topological polar surface area (TPSA) is 51.0 Å². The minimum absolute atomic E-state index is 0.326. The predicted molar refractivity (Wildman–Crippen MR) is 56.3 cm³/mol. The van der Waals surface area contributed by atoms with Gasteiger partial charge in [0.2, 0.25) is 6.39 Å². The van der Waals surface area contributed by atoms with Crippen molar-refractivity contribution in [3.63, 3.8) is 0 Å². The molecular weight excluding hydrogens is 233 g/mol. The molecule has 4 nitrogen and oxygen atoms in total. The molecule has 84 valence electrons. The van der Waals surface area contributed by atoms with Crippen LogP contribution in [0.4, 0.5) is 4.39 Å². The molecule has 0 amide bonds. The van der Waals surface area contributed by atoms with Crippen molar-refractivity contribution in [3.05, 3.63) is 46.8 Å². The second-order valence-corrected chi connectivity index (χ2v) is 3.62. The van der Waals surface area contributed by atoms with Gasteiger partial charge in [-0.25, -0.2) is 4.39 Å². The highest BCUT2D eigenvalue weighted by atomic mass is 35.5. The lowest BCUT2D eigenvalue weighted by molar-refractivity contribution is 0.407. The van der Waals surface area contributed by atoms with Gasteiger partial charge < -0.3 is 9.84 Å². The number of aromatic nitrogens is 2. The third kappa shape index (κ3) is 2.77. The first-order chi connectivity index (χ1) is 7.75. The van der Waals surface area contributed by atoms with Crippen molar-refractivity contribution in [2.75, 3.05) is 0 Å². The maximum absolute atomic E-state index is 13.3. The average Bonchev–Trinajstić information content (AvgIpc) is 2.74. The minimum atomic E-state index is -0.326. The first-order valence-electron chi connectivity index (χ1n) is 4.65. The number of nitrogens with one attached hydrogen (secondary N) is 1. The van der Waals surface area contributed by atoms with Gasteiger partial charge in [-0.2, -0.15) is 4.98 Å². The van der Waals surface area contributed by atoms with Crippen LogP contribution in [0.3, 0.4) is 0 Å². The molecule has 0 aliphatic carbocycles. The smallest absolute Gasteiger partial charge is 0.213 e. The summed E-state index contributed by atoms with van der Waals surface area (Å²) in [5, 5.41) is 7.01. The highest BCUT2D eigenvalue weighted by Gasteiger charge is 2.03. The van der Waals surface area contributed by atoms with Gasteiger partial charge in [-0.1, -0.05) is 22.8 Å². The molecule has 2 rings (SSSR count). The summed E-state index contributed by atoms with van der Waals surface area (Å²) >= 11 is 5.64. The van der Waals surface area contributed by atoms with E-state index >= 15 is 0 Å². The fraction of sp³-hybridized carbons (Fsp3) is 0.200. The maximum atomic E-state index is 13.3. The summed E-state index contributed by atoms with van der Waals surface area (Å²) in [6, 6.07) is 4.57. The summed E-state index contributed by atoms with van der Waals surface area (Å²) in [5.41, 5.74) is 0.549. The summed E-state index contributed by atoms with van der Waals surface area (Å²) in [6.07, 6.45) is 1.25. The minimum Gasteiger partial charge on any atom is -0.343 e. The zero-order chi connectivity index (χ0) is 11.4. The van der Waals surface area contributed by atoms with Crippen molar-refractivity contribution < 1.29 is 8.91 Å². The number of hydrogen-bond donors (Lipinski definition) is 1. The molecular formula is C10H9ClFN3O. The van der Waals surface area contributed by atoms with Crippen molar-refractivity contribution in [2.45, 2.75) is 13.1 Å². The maximum Gasteiger partial charge on any atom is 0.213 e. The van der Waals surface area contributed by atoms with Crippen molar-refractivity contribution in [1.29, 1.82) is 0 Å². The van der Waals surface area contributed by atoms with E-state index in [1.807, 2.05) is 0 Å². The molecule has 1 heterocycles. The summed E-state index contributed by atoms with van der Waals surface area (Å²) in [4.78, 5) is 3.83. The van der Waals surface area contributed by atoms with Gasteiger partial charge in [-0.15, -0.1) is 0 Å². The standard InChI is InChI=1S/C10H9ClFN3O/c11-8-2-1-7(9(12)3-8)4-13-5-10-14-6-16-15-10/h1-3,6,13H,4-5H2. The molecule has 16 heavy (non-hydrogen) atoms. The molecule has 1 aromatic heterocycles. The Morgan fingerprint density at radius 1 is 1.38 bits per heavy atom. The van der Waals surface area contributed by atoms with Crippen LogP contribution in [-0.4, -0.2) is 10.1 Å². The summed E-state index contributed by atoms with van der Waals surface area (Å²) < 4.78 is 17.9. The Morgan fingerprint density at radius 2 is 2.25 bits per heavy atom. The van der Waals surface area contributed by atoms with E-state index in [1.54, 1.807) is 12.1 Å². The normalized spacial score (nSPS) is 10.6. The average molecular weight is 242 g/mol. The van der Waals surface area contributed by atoms with Gasteiger partial charge in [0.05, 0.1) is 6.54 Å². The van der Waals surface area contributed by atoms with E-state index in [2.05, 4.69) is 20.0 Å². The second-order valence-electron chi connectivity index (χ2n) is 3.19. The van der Waals surface area contributed by atoms with Gasteiger partial charge in [0.1, 0.15) is 5.82 Å². The Kier molecular flexibility index (Phi) is 3.48. The summed E-state index contributed by atoms with van der Waals surface area (Å²) in [5.74, 6) is 0.211. The molecule has 0 spiro atoms. The van der Waals surface area contributed by atoms with Crippen LogP contribution in [0.2, 0.25) is 5.02 Å². The van der Waals surface area contributed by atoms with Crippen molar-refractivity contribution in [2.24, 2.45) is 0 Å². The quantitative estimate of drug-likeness (QED) is 0.891. The molecule has 0 saturated heterocycles. The third-order valence-corrected chi connectivity index (χ3v) is 2.26. The summed E-state index contributed by atoms with van der Waals surface area (Å²) in [7, 11) is 0. The second kappa shape index (κ2) is 5.05. The Labute approximate surface area is 96.4 Å². The fourth-order valence-corrected chi connectivity index (χ4v) is 1.40. The van der Waals surface area contributed by atoms with Gasteiger partial charge in [0.25, 0.3) is 0 Å². The molecule has 0 unspecified atom stereocenters. The van der Waals surface area contributed by atoms with E-state index in [0.29, 0.717) is 29.5 Å². The first kappa shape index (κ1) is 11.0. The fourth-order valence-electron chi connectivity index (χ4n) is 1.24. The van der Waals surface area contributed by atoms with Crippen LogP contribution >= 0.6 is 11.6 Å². The Morgan fingerprint density at radius 3 is 2.94 bits per heavy atom. The van der Waals surface area contributed by atoms with E-state index < -0.39 is 0 Å². The zero-order valence-electron chi connectivity index (χ0n) is 8.28. The molecule has 0 atom stereocenters. The van der Waals surface area contributed by atoms with Crippen LogP contribution in [0.15, 0.2) is 29.1 Å². The van der Waals surface area contributed by atoms with E-state index in [0.717, 1.165) is 0 Å². The van der Waals surface area contributed by atoms with Gasteiger partial charge in [0.15, 0.2) is 5.82 Å². The van der Waals surface area contributed by atoms with Crippen LogP contribution in [0.5, 0.6) is 0 Å². The van der Waals surface area contributed by atoms with E-state index in [-0.39, 0.29) is 5.82 Å². The predicted octanol–water partition coefficient (Wildman–Crippen LogP) is 2.15. The molecule has 6 heteroatoms. The van der Waals surface area contributed by atoms with Crippen molar-refractivity contribution >= 4 is 11.6 Å². The van der Waals surface area contributed by atoms with Crippen LogP contribution in [0.1, 0.15) is 11.4 Å². The number of rotatable bonds is 4. The lowest BCUT2D eigenvalue weighted by atomic mass is 10.2. The largest absolute Gasteiger partial charge is 0.343 e. The number of halogens is 2. The first-order valence-corrected chi connectivity index (χ1v) is 5.03. The molecule has 1 N–H and O–H groups in total. The third-order valence-electron chi connectivity index (χ3n) is 2.02. The molecule has 0 aliphatic heterocycles. The Bertz CT molecular complexity index is 461. The molecule has 0 saturated carbocycles. The van der Waals surface area contributed by atoms with Crippen LogP contribution < -0.4 is 5.32 Å². The van der Waals surface area contributed by atoms with E-state index in [4.69, 9.17) is 11.6 Å². The highest BCUT2D eigenvalue weighted by molar-refractivity contribution is 6.30. The number of hydrogen-bond acceptors (Lipinski definition) is 4. The SMILES string of the molecule is Fc1cc(Cl)ccc1CNCc1ncon1. The monoisotopic (exact) mass is 241 g/mol. The Hall–Kier alpha value is -1.46. The summed E-state index contributed by atoms with van der Waals surface area (Å²) in [6.45, 7) is 0.816.